The average molecular weight is 449 g/mol. The van der Waals surface area contributed by atoms with Crippen LogP contribution >= 0.6 is 11.6 Å². The highest BCUT2D eigenvalue weighted by Gasteiger charge is 2.28. The summed E-state index contributed by atoms with van der Waals surface area (Å²) in [6, 6.07) is 15.0. The summed E-state index contributed by atoms with van der Waals surface area (Å²) in [6.07, 6.45) is 1.79. The van der Waals surface area contributed by atoms with E-state index in [1.54, 1.807) is 59.5 Å². The lowest BCUT2D eigenvalue weighted by Gasteiger charge is -2.32. The first-order chi connectivity index (χ1) is 14.4. The highest BCUT2D eigenvalue weighted by molar-refractivity contribution is 7.91. The number of hydrogen-bond acceptors (Lipinski definition) is 4. The maximum atomic E-state index is 12.7. The van der Waals surface area contributed by atoms with Gasteiger partial charge in [0.25, 0.3) is 5.91 Å². The second-order valence-corrected chi connectivity index (χ2v) is 9.92. The first-order valence-electron chi connectivity index (χ1n) is 9.97. The van der Waals surface area contributed by atoms with E-state index in [0.717, 1.165) is 6.42 Å². The molecule has 0 bridgehead atoms. The van der Waals surface area contributed by atoms with Crippen molar-refractivity contribution in [3.05, 3.63) is 65.2 Å². The lowest BCUT2D eigenvalue weighted by atomic mass is 9.96. The van der Waals surface area contributed by atoms with Crippen molar-refractivity contribution >= 4 is 33.3 Å². The molecule has 2 aromatic rings. The Hall–Kier alpha value is -2.38. The average Bonchev–Trinajstić information content (AvgIpc) is 2.77. The second kappa shape index (κ2) is 10.1. The topological polar surface area (TPSA) is 83.6 Å². The fraction of sp³-hybridized carbons (Fsp3) is 0.364. The molecular weight excluding hydrogens is 424 g/mol. The van der Waals surface area contributed by atoms with Crippen molar-refractivity contribution in [3.63, 3.8) is 0 Å². The summed E-state index contributed by atoms with van der Waals surface area (Å²) in [5, 5.41) is 3.39. The minimum Gasteiger partial charge on any atom is -0.356 e. The van der Waals surface area contributed by atoms with Crippen LogP contribution in [0.3, 0.4) is 0 Å². The normalized spacial score (nSPS) is 16.8. The van der Waals surface area contributed by atoms with Gasteiger partial charge < -0.3 is 10.2 Å². The van der Waals surface area contributed by atoms with E-state index in [1.165, 1.54) is 0 Å². The molecule has 0 radical (unpaired) electrons. The summed E-state index contributed by atoms with van der Waals surface area (Å²) in [5.41, 5.74) is 0.548. The summed E-state index contributed by atoms with van der Waals surface area (Å²) >= 11 is 5.87. The van der Waals surface area contributed by atoms with Gasteiger partial charge in [-0.1, -0.05) is 29.8 Å². The van der Waals surface area contributed by atoms with Crippen LogP contribution in [0.5, 0.6) is 0 Å². The largest absolute Gasteiger partial charge is 0.356 e. The number of nitrogens with one attached hydrogen (secondary N) is 1. The Balaban J connectivity index is 1.47. The smallest absolute Gasteiger partial charge is 0.253 e. The molecule has 1 aliphatic heterocycles. The van der Waals surface area contributed by atoms with E-state index in [9.17, 15) is 18.0 Å². The third kappa shape index (κ3) is 5.83. The third-order valence-corrected chi connectivity index (χ3v) is 7.23. The van der Waals surface area contributed by atoms with Crippen molar-refractivity contribution in [3.8, 4) is 0 Å². The Morgan fingerprint density at radius 2 is 1.77 bits per heavy atom. The van der Waals surface area contributed by atoms with Crippen LogP contribution in [0, 0.1) is 5.92 Å². The number of likely N-dealkylation sites (tertiary alicyclic amines) is 1. The molecule has 0 spiro atoms. The monoisotopic (exact) mass is 448 g/mol. The number of sulfone groups is 1. The predicted octanol–water partition coefficient (Wildman–Crippen LogP) is 3.17. The molecule has 1 N–H and O–H groups in total. The Bertz CT molecular complexity index is 978. The molecular formula is C22H25ClN2O4S. The minimum absolute atomic E-state index is 0.0247. The van der Waals surface area contributed by atoms with Crippen molar-refractivity contribution in [2.45, 2.75) is 24.2 Å². The number of benzene rings is 2. The highest BCUT2D eigenvalue weighted by atomic mass is 35.5. The summed E-state index contributed by atoms with van der Waals surface area (Å²) in [4.78, 5) is 27.2. The molecule has 2 aromatic carbocycles. The van der Waals surface area contributed by atoms with Crippen LogP contribution in [-0.2, 0) is 14.6 Å². The highest BCUT2D eigenvalue weighted by Crippen LogP contribution is 2.20. The zero-order valence-corrected chi connectivity index (χ0v) is 18.2. The van der Waals surface area contributed by atoms with E-state index >= 15 is 0 Å². The van der Waals surface area contributed by atoms with Gasteiger partial charge in [0.15, 0.2) is 9.84 Å². The summed E-state index contributed by atoms with van der Waals surface area (Å²) in [7, 11) is -3.35. The molecule has 1 fully saturated rings. The number of hydrogen-bond donors (Lipinski definition) is 1. The second-order valence-electron chi connectivity index (χ2n) is 7.37. The molecule has 2 amide bonds. The standard InChI is InChI=1S/C22H25ClN2O4S/c23-19-11-9-17(10-12-19)22(27)25-14-4-6-18(16-25)21(26)24-13-5-15-30(28,29)20-7-2-1-3-8-20/h1-3,7-12,18H,4-6,13-16H2,(H,24,26). The van der Waals surface area contributed by atoms with Crippen molar-refractivity contribution in [1.29, 1.82) is 0 Å². The minimum atomic E-state index is -3.35. The van der Waals surface area contributed by atoms with Crippen molar-refractivity contribution in [1.82, 2.24) is 10.2 Å². The number of rotatable bonds is 7. The molecule has 1 saturated heterocycles. The molecule has 1 unspecified atom stereocenters. The van der Waals surface area contributed by atoms with Gasteiger partial charge in [-0.15, -0.1) is 0 Å². The van der Waals surface area contributed by atoms with Crippen molar-refractivity contribution < 1.29 is 18.0 Å². The molecule has 1 atom stereocenters. The van der Waals surface area contributed by atoms with Crippen LogP contribution in [-0.4, -0.2) is 50.5 Å². The number of nitrogens with zero attached hydrogens (tertiary/aromatic N) is 1. The van der Waals surface area contributed by atoms with Crippen LogP contribution in [0.15, 0.2) is 59.5 Å². The van der Waals surface area contributed by atoms with Gasteiger partial charge in [0.1, 0.15) is 0 Å². The van der Waals surface area contributed by atoms with Crippen LogP contribution in [0.4, 0.5) is 0 Å². The Morgan fingerprint density at radius 3 is 2.47 bits per heavy atom. The predicted molar refractivity (Wildman–Crippen MR) is 116 cm³/mol. The molecule has 30 heavy (non-hydrogen) atoms. The fourth-order valence-corrected chi connectivity index (χ4v) is 4.97. The van der Waals surface area contributed by atoms with E-state index in [4.69, 9.17) is 11.6 Å². The third-order valence-electron chi connectivity index (χ3n) is 5.16. The Kier molecular flexibility index (Phi) is 7.50. The van der Waals surface area contributed by atoms with Gasteiger partial charge in [-0.2, -0.15) is 0 Å². The molecule has 3 rings (SSSR count). The van der Waals surface area contributed by atoms with Crippen molar-refractivity contribution in [2.75, 3.05) is 25.4 Å². The van der Waals surface area contributed by atoms with Crippen LogP contribution in [0.25, 0.3) is 0 Å². The molecule has 0 aliphatic carbocycles. The molecule has 0 saturated carbocycles. The molecule has 6 nitrogen and oxygen atoms in total. The van der Waals surface area contributed by atoms with Gasteiger partial charge in [0, 0.05) is 30.2 Å². The first-order valence-corrected chi connectivity index (χ1v) is 12.0. The van der Waals surface area contributed by atoms with Crippen LogP contribution in [0.2, 0.25) is 5.02 Å². The number of piperidine rings is 1. The summed E-state index contributed by atoms with van der Waals surface area (Å²) < 4.78 is 24.6. The fourth-order valence-electron chi connectivity index (χ4n) is 3.51. The van der Waals surface area contributed by atoms with Gasteiger partial charge in [-0.25, -0.2) is 8.42 Å². The van der Waals surface area contributed by atoms with E-state index in [2.05, 4.69) is 5.32 Å². The van der Waals surface area contributed by atoms with Crippen LogP contribution in [0.1, 0.15) is 29.6 Å². The molecule has 160 valence electrons. The number of carbonyl (C=O) groups excluding carboxylic acids is 2. The Labute approximate surface area is 182 Å². The quantitative estimate of drug-likeness (QED) is 0.659. The maximum Gasteiger partial charge on any atom is 0.253 e. The lowest BCUT2D eigenvalue weighted by Crippen LogP contribution is -2.45. The summed E-state index contributed by atoms with van der Waals surface area (Å²) in [5.74, 6) is -0.567. The molecule has 1 aliphatic rings. The van der Waals surface area contributed by atoms with Gasteiger partial charge >= 0.3 is 0 Å². The zero-order valence-electron chi connectivity index (χ0n) is 16.6. The molecule has 8 heteroatoms. The number of carbonyl (C=O) groups is 2. The number of halogens is 1. The SMILES string of the molecule is O=C(NCCCS(=O)(=O)c1ccccc1)C1CCCN(C(=O)c2ccc(Cl)cc2)C1. The zero-order chi connectivity index (χ0) is 21.6. The van der Waals surface area contributed by atoms with E-state index in [0.29, 0.717) is 41.4 Å². The Morgan fingerprint density at radius 1 is 1.07 bits per heavy atom. The lowest BCUT2D eigenvalue weighted by molar-refractivity contribution is -0.126. The van der Waals surface area contributed by atoms with Crippen LogP contribution < -0.4 is 5.32 Å². The van der Waals surface area contributed by atoms with Gasteiger partial charge in [0.2, 0.25) is 5.91 Å². The molecule has 1 heterocycles. The van der Waals surface area contributed by atoms with Gasteiger partial charge in [0.05, 0.1) is 16.6 Å². The number of amides is 2. The summed E-state index contributed by atoms with van der Waals surface area (Å²) in [6.45, 7) is 1.25. The maximum absolute atomic E-state index is 12.7. The molecule has 0 aromatic heterocycles. The van der Waals surface area contributed by atoms with Crippen molar-refractivity contribution in [2.24, 2.45) is 5.92 Å². The first kappa shape index (κ1) is 22.3. The van der Waals surface area contributed by atoms with E-state index in [-0.39, 0.29) is 30.0 Å². The van der Waals surface area contributed by atoms with Gasteiger partial charge in [-0.3, -0.25) is 9.59 Å². The van der Waals surface area contributed by atoms with E-state index in [1.807, 2.05) is 0 Å². The van der Waals surface area contributed by atoms with E-state index < -0.39 is 9.84 Å². The van der Waals surface area contributed by atoms with Gasteiger partial charge in [-0.05, 0) is 55.7 Å².